The van der Waals surface area contributed by atoms with Crippen LogP contribution in [-0.4, -0.2) is 29.5 Å². The zero-order valence-corrected chi connectivity index (χ0v) is 13.0. The van der Waals surface area contributed by atoms with Crippen LogP contribution in [0.25, 0.3) is 0 Å². The van der Waals surface area contributed by atoms with Gasteiger partial charge in [-0.3, -0.25) is 4.98 Å². The van der Waals surface area contributed by atoms with Gasteiger partial charge in [0.25, 0.3) is 0 Å². The molecule has 3 heteroatoms. The molecule has 0 amide bonds. The molecule has 1 saturated heterocycles. The first-order valence-electron chi connectivity index (χ1n) is 7.72. The summed E-state index contributed by atoms with van der Waals surface area (Å²) in [6, 6.07) is 14.4. The smallest absolute Gasteiger partial charge is 0.0478 e. The number of hydrogen-bond donors (Lipinski definition) is 0. The summed E-state index contributed by atoms with van der Waals surface area (Å²) in [5, 5.41) is 0.790. The highest BCUT2D eigenvalue weighted by atomic mass is 35.5. The van der Waals surface area contributed by atoms with Crippen LogP contribution in [0.3, 0.4) is 0 Å². The zero-order chi connectivity index (χ0) is 14.5. The quantitative estimate of drug-likeness (QED) is 0.816. The molecule has 21 heavy (non-hydrogen) atoms. The van der Waals surface area contributed by atoms with Crippen LogP contribution in [0.2, 0.25) is 5.02 Å². The van der Waals surface area contributed by atoms with Crippen molar-refractivity contribution < 1.29 is 0 Å². The van der Waals surface area contributed by atoms with E-state index in [2.05, 4.69) is 34.1 Å². The normalized spacial score (nSPS) is 17.0. The molecule has 110 valence electrons. The predicted molar refractivity (Wildman–Crippen MR) is 87.8 cm³/mol. The Balaban J connectivity index is 1.78. The molecule has 2 nitrogen and oxygen atoms in total. The topological polar surface area (TPSA) is 16.1 Å². The summed E-state index contributed by atoms with van der Waals surface area (Å²) in [5.41, 5.74) is 2.45. The minimum Gasteiger partial charge on any atom is -0.303 e. The van der Waals surface area contributed by atoms with Gasteiger partial charge in [0.15, 0.2) is 0 Å². The van der Waals surface area contributed by atoms with Gasteiger partial charge >= 0.3 is 0 Å². The average molecular weight is 301 g/mol. The Kier molecular flexibility index (Phi) is 4.89. The van der Waals surface area contributed by atoms with Crippen LogP contribution in [0.4, 0.5) is 0 Å². The number of likely N-dealkylation sites (tertiary alicyclic amines) is 1. The van der Waals surface area contributed by atoms with Crippen molar-refractivity contribution in [1.82, 2.24) is 9.88 Å². The van der Waals surface area contributed by atoms with E-state index in [0.29, 0.717) is 5.92 Å². The molecule has 1 aliphatic rings. The lowest BCUT2D eigenvalue weighted by molar-refractivity contribution is 0.326. The van der Waals surface area contributed by atoms with E-state index in [0.717, 1.165) is 23.7 Å². The molecule has 1 atom stereocenters. The summed E-state index contributed by atoms with van der Waals surface area (Å²) < 4.78 is 0. The molecule has 2 aromatic rings. The highest BCUT2D eigenvalue weighted by Gasteiger charge is 2.18. The van der Waals surface area contributed by atoms with Crippen molar-refractivity contribution in [2.24, 2.45) is 0 Å². The first-order chi connectivity index (χ1) is 10.3. The van der Waals surface area contributed by atoms with Crippen LogP contribution in [-0.2, 0) is 0 Å². The SMILES string of the molecule is Clc1ccc(C(CCN2CCCC2)c2ccccn2)cc1. The second-order valence-electron chi connectivity index (χ2n) is 5.70. The zero-order valence-electron chi connectivity index (χ0n) is 12.2. The molecular formula is C18H21ClN2. The first kappa shape index (κ1) is 14.6. The molecule has 0 spiro atoms. The molecule has 3 rings (SSSR count). The monoisotopic (exact) mass is 300 g/mol. The molecule has 1 aromatic heterocycles. The van der Waals surface area contributed by atoms with Gasteiger partial charge in [-0.05, 0) is 68.7 Å². The highest BCUT2D eigenvalue weighted by Crippen LogP contribution is 2.28. The summed E-state index contributed by atoms with van der Waals surface area (Å²) in [6.45, 7) is 3.63. The van der Waals surface area contributed by atoms with Gasteiger partial charge in [-0.15, -0.1) is 0 Å². The Morgan fingerprint density at radius 1 is 1.05 bits per heavy atom. The Morgan fingerprint density at radius 2 is 1.81 bits per heavy atom. The van der Waals surface area contributed by atoms with Gasteiger partial charge in [0.2, 0.25) is 0 Å². The second kappa shape index (κ2) is 7.06. The molecule has 1 fully saturated rings. The average Bonchev–Trinajstić information content (AvgIpc) is 3.04. The van der Waals surface area contributed by atoms with Crippen molar-refractivity contribution in [3.8, 4) is 0 Å². The van der Waals surface area contributed by atoms with Gasteiger partial charge in [-0.1, -0.05) is 29.8 Å². The van der Waals surface area contributed by atoms with Crippen molar-refractivity contribution in [3.63, 3.8) is 0 Å². The van der Waals surface area contributed by atoms with E-state index in [9.17, 15) is 0 Å². The Bertz CT molecular complexity index is 547. The molecule has 0 saturated carbocycles. The number of aromatic nitrogens is 1. The summed E-state index contributed by atoms with van der Waals surface area (Å²) in [7, 11) is 0. The van der Waals surface area contributed by atoms with E-state index >= 15 is 0 Å². The number of rotatable bonds is 5. The van der Waals surface area contributed by atoms with Crippen molar-refractivity contribution in [2.75, 3.05) is 19.6 Å². The lowest BCUT2D eigenvalue weighted by Gasteiger charge is -2.21. The Hall–Kier alpha value is -1.38. The summed E-state index contributed by atoms with van der Waals surface area (Å²) in [5.74, 6) is 0.351. The van der Waals surface area contributed by atoms with Crippen molar-refractivity contribution in [1.29, 1.82) is 0 Å². The minimum absolute atomic E-state index is 0.351. The summed E-state index contributed by atoms with van der Waals surface area (Å²) >= 11 is 6.02. The number of hydrogen-bond acceptors (Lipinski definition) is 2. The maximum Gasteiger partial charge on any atom is 0.0478 e. The van der Waals surface area contributed by atoms with Crippen LogP contribution in [0, 0.1) is 0 Å². The molecule has 1 aliphatic heterocycles. The van der Waals surface area contributed by atoms with Crippen LogP contribution in [0.5, 0.6) is 0 Å². The number of halogens is 1. The van der Waals surface area contributed by atoms with Crippen molar-refractivity contribution >= 4 is 11.6 Å². The molecule has 1 aromatic carbocycles. The van der Waals surface area contributed by atoms with Gasteiger partial charge in [-0.2, -0.15) is 0 Å². The largest absolute Gasteiger partial charge is 0.303 e. The maximum absolute atomic E-state index is 6.02. The molecule has 1 unspecified atom stereocenters. The molecular weight excluding hydrogens is 280 g/mol. The number of nitrogens with zero attached hydrogens (tertiary/aromatic N) is 2. The lowest BCUT2D eigenvalue weighted by Crippen LogP contribution is -2.22. The van der Waals surface area contributed by atoms with Crippen molar-refractivity contribution in [2.45, 2.75) is 25.2 Å². The maximum atomic E-state index is 6.02. The fraction of sp³-hybridized carbons (Fsp3) is 0.389. The standard InChI is InChI=1S/C18H21ClN2/c19-16-8-6-15(7-9-16)17(18-5-1-2-11-20-18)10-14-21-12-3-4-13-21/h1-2,5-9,11,17H,3-4,10,12-14H2. The molecule has 0 radical (unpaired) electrons. The second-order valence-corrected chi connectivity index (χ2v) is 6.13. The molecule has 0 N–H and O–H groups in total. The highest BCUT2D eigenvalue weighted by molar-refractivity contribution is 6.30. The third-order valence-electron chi connectivity index (χ3n) is 4.25. The van der Waals surface area contributed by atoms with Gasteiger partial charge in [0.05, 0.1) is 0 Å². The fourth-order valence-electron chi connectivity index (χ4n) is 3.08. The van der Waals surface area contributed by atoms with Crippen LogP contribution < -0.4 is 0 Å². The number of benzene rings is 1. The van der Waals surface area contributed by atoms with Gasteiger partial charge in [-0.25, -0.2) is 0 Å². The Morgan fingerprint density at radius 3 is 2.48 bits per heavy atom. The van der Waals surface area contributed by atoms with Crippen molar-refractivity contribution in [3.05, 3.63) is 64.9 Å². The van der Waals surface area contributed by atoms with E-state index in [4.69, 9.17) is 11.6 Å². The van der Waals surface area contributed by atoms with E-state index in [1.54, 1.807) is 0 Å². The Labute approximate surface area is 131 Å². The van der Waals surface area contributed by atoms with Crippen LogP contribution in [0.15, 0.2) is 48.7 Å². The predicted octanol–water partition coefficient (Wildman–Crippen LogP) is 4.35. The van der Waals surface area contributed by atoms with Gasteiger partial charge in [0.1, 0.15) is 0 Å². The van der Waals surface area contributed by atoms with E-state index in [1.165, 1.54) is 31.5 Å². The van der Waals surface area contributed by atoms with Crippen LogP contribution >= 0.6 is 11.6 Å². The molecule has 2 heterocycles. The first-order valence-corrected chi connectivity index (χ1v) is 8.09. The molecule has 0 aliphatic carbocycles. The minimum atomic E-state index is 0.351. The third-order valence-corrected chi connectivity index (χ3v) is 4.50. The van der Waals surface area contributed by atoms with E-state index in [-0.39, 0.29) is 0 Å². The molecule has 0 bridgehead atoms. The van der Waals surface area contributed by atoms with Gasteiger partial charge in [0, 0.05) is 22.8 Å². The fourth-order valence-corrected chi connectivity index (χ4v) is 3.21. The lowest BCUT2D eigenvalue weighted by atomic mass is 9.92. The number of pyridine rings is 1. The van der Waals surface area contributed by atoms with Crippen LogP contribution in [0.1, 0.15) is 36.4 Å². The summed E-state index contributed by atoms with van der Waals surface area (Å²) in [6.07, 6.45) is 5.68. The third kappa shape index (κ3) is 3.84. The summed E-state index contributed by atoms with van der Waals surface area (Å²) in [4.78, 5) is 7.13. The van der Waals surface area contributed by atoms with E-state index in [1.807, 2.05) is 24.4 Å². The van der Waals surface area contributed by atoms with E-state index < -0.39 is 0 Å². The van der Waals surface area contributed by atoms with Gasteiger partial charge < -0.3 is 4.90 Å².